The summed E-state index contributed by atoms with van der Waals surface area (Å²) in [5.41, 5.74) is 6.67. The van der Waals surface area contributed by atoms with Crippen LogP contribution in [-0.2, 0) is 9.59 Å². The van der Waals surface area contributed by atoms with Gasteiger partial charge in [0, 0.05) is 11.9 Å². The summed E-state index contributed by atoms with van der Waals surface area (Å²) in [6.07, 6.45) is -0.810. The molecule has 0 aliphatic carbocycles. The van der Waals surface area contributed by atoms with Crippen LogP contribution in [0.1, 0.15) is 6.92 Å². The van der Waals surface area contributed by atoms with Gasteiger partial charge in [-0.05, 0) is 30.3 Å². The molecule has 6 nitrogen and oxygen atoms in total. The first-order chi connectivity index (χ1) is 11.5. The monoisotopic (exact) mass is 345 g/mol. The van der Waals surface area contributed by atoms with Crippen molar-refractivity contribution in [2.75, 3.05) is 16.9 Å². The summed E-state index contributed by atoms with van der Waals surface area (Å²) in [7, 11) is 0. The molecule has 1 aliphatic heterocycles. The maximum absolute atomic E-state index is 12.4. The smallest absolute Gasteiger partial charge is 0.281 e. The maximum atomic E-state index is 12.4. The Morgan fingerprint density at radius 3 is 2.75 bits per heavy atom. The van der Waals surface area contributed by atoms with E-state index in [0.29, 0.717) is 22.1 Å². The minimum atomic E-state index is -0.810. The van der Waals surface area contributed by atoms with Crippen molar-refractivity contribution < 1.29 is 14.3 Å². The zero-order valence-electron chi connectivity index (χ0n) is 13.0. The highest BCUT2D eigenvalue weighted by Gasteiger charge is 2.32. The number of carbonyl (C=O) groups is 2. The number of halogens is 1. The van der Waals surface area contributed by atoms with Crippen molar-refractivity contribution in [3.05, 3.63) is 53.6 Å². The Balaban J connectivity index is 1.71. The number of ether oxygens (including phenoxy) is 1. The summed E-state index contributed by atoms with van der Waals surface area (Å²) in [6, 6.07) is 14.1. The van der Waals surface area contributed by atoms with Crippen molar-refractivity contribution in [3.63, 3.8) is 0 Å². The molecule has 1 heterocycles. The quantitative estimate of drug-likeness (QED) is 0.839. The number of amides is 2. The van der Waals surface area contributed by atoms with E-state index in [1.165, 1.54) is 11.8 Å². The second-order valence-electron chi connectivity index (χ2n) is 5.33. The van der Waals surface area contributed by atoms with Gasteiger partial charge in [0.05, 0.1) is 17.9 Å². The normalized spacial score (nSPS) is 15.9. The molecular weight excluding hydrogens is 330 g/mol. The number of rotatable bonds is 3. The first-order valence-electron chi connectivity index (χ1n) is 7.40. The van der Waals surface area contributed by atoms with Gasteiger partial charge in [-0.15, -0.1) is 0 Å². The van der Waals surface area contributed by atoms with Crippen molar-refractivity contribution in [1.29, 1.82) is 0 Å². The third-order valence-corrected chi connectivity index (χ3v) is 3.84. The van der Waals surface area contributed by atoms with Gasteiger partial charge < -0.3 is 9.64 Å². The van der Waals surface area contributed by atoms with Crippen molar-refractivity contribution in [3.8, 4) is 5.75 Å². The minimum Gasteiger partial charge on any atom is -0.476 e. The molecular formula is C17H16ClN3O3. The molecule has 2 aromatic rings. The zero-order chi connectivity index (χ0) is 17.1. The van der Waals surface area contributed by atoms with Crippen LogP contribution < -0.4 is 20.5 Å². The first-order valence-corrected chi connectivity index (χ1v) is 7.77. The van der Waals surface area contributed by atoms with Crippen LogP contribution in [-0.4, -0.2) is 24.5 Å². The van der Waals surface area contributed by atoms with Gasteiger partial charge in [0.1, 0.15) is 5.75 Å². The summed E-state index contributed by atoms with van der Waals surface area (Å²) in [5, 5.41) is 0.555. The van der Waals surface area contributed by atoms with Crippen molar-refractivity contribution >= 4 is 34.8 Å². The lowest BCUT2D eigenvalue weighted by atomic mass is 10.2. The number of para-hydroxylation sites is 2. The average Bonchev–Trinajstić information content (AvgIpc) is 2.58. The summed E-state index contributed by atoms with van der Waals surface area (Å²) in [4.78, 5) is 25.7. The molecule has 0 saturated heterocycles. The maximum Gasteiger partial charge on any atom is 0.281 e. The Labute approximate surface area is 144 Å². The first kappa shape index (κ1) is 16.1. The highest BCUT2D eigenvalue weighted by atomic mass is 35.5. The van der Waals surface area contributed by atoms with E-state index >= 15 is 0 Å². The number of anilines is 2. The fourth-order valence-electron chi connectivity index (χ4n) is 2.45. The lowest BCUT2D eigenvalue weighted by Crippen LogP contribution is -2.51. The van der Waals surface area contributed by atoms with Gasteiger partial charge in [-0.25, -0.2) is 0 Å². The molecule has 1 atom stereocenters. The van der Waals surface area contributed by atoms with Gasteiger partial charge >= 0.3 is 0 Å². The van der Waals surface area contributed by atoms with Gasteiger partial charge in [0.25, 0.3) is 5.91 Å². The predicted octanol–water partition coefficient (Wildman–Crippen LogP) is 2.60. The number of fused-ring (bicyclic) bond motifs is 1. The third kappa shape index (κ3) is 3.44. The van der Waals surface area contributed by atoms with E-state index in [4.69, 9.17) is 16.3 Å². The Kier molecular flexibility index (Phi) is 4.57. The van der Waals surface area contributed by atoms with E-state index < -0.39 is 6.10 Å². The summed E-state index contributed by atoms with van der Waals surface area (Å²) in [5.74, 6) is -0.0241. The van der Waals surface area contributed by atoms with Gasteiger partial charge in [-0.2, -0.15) is 0 Å². The Hall–Kier alpha value is -2.73. The van der Waals surface area contributed by atoms with Crippen LogP contribution in [0.15, 0.2) is 48.5 Å². The SMILES string of the molecule is CC(=O)N1C[C@H](C(=O)NNc2cccc(Cl)c2)Oc2ccccc21. The minimum absolute atomic E-state index is 0.147. The molecule has 0 aromatic heterocycles. The molecule has 1 aliphatic rings. The number of hydrogen-bond acceptors (Lipinski definition) is 4. The van der Waals surface area contributed by atoms with Crippen LogP contribution in [0, 0.1) is 0 Å². The van der Waals surface area contributed by atoms with Crippen LogP contribution in [0.2, 0.25) is 5.02 Å². The molecule has 3 rings (SSSR count). The molecule has 0 bridgehead atoms. The zero-order valence-corrected chi connectivity index (χ0v) is 13.7. The number of benzene rings is 2. The molecule has 2 aromatic carbocycles. The molecule has 24 heavy (non-hydrogen) atoms. The molecule has 0 spiro atoms. The second kappa shape index (κ2) is 6.80. The standard InChI is InChI=1S/C17H16ClN3O3/c1-11(22)21-10-16(24-15-8-3-2-7-14(15)21)17(23)20-19-13-6-4-5-12(18)9-13/h2-9,16,19H,10H2,1H3,(H,20,23)/t16-/m1/s1. The lowest BCUT2D eigenvalue weighted by molar-refractivity contribution is -0.127. The molecule has 0 fully saturated rings. The molecule has 0 radical (unpaired) electrons. The van der Waals surface area contributed by atoms with Crippen molar-refractivity contribution in [2.45, 2.75) is 13.0 Å². The Bertz CT molecular complexity index is 781. The Morgan fingerprint density at radius 1 is 1.21 bits per heavy atom. The molecule has 0 unspecified atom stereocenters. The Morgan fingerprint density at radius 2 is 2.00 bits per heavy atom. The van der Waals surface area contributed by atoms with E-state index in [9.17, 15) is 9.59 Å². The number of carbonyl (C=O) groups excluding carboxylic acids is 2. The van der Waals surface area contributed by atoms with Crippen LogP contribution in [0.5, 0.6) is 5.75 Å². The summed E-state index contributed by atoms with van der Waals surface area (Å²) >= 11 is 5.90. The van der Waals surface area contributed by atoms with Gasteiger partial charge in [-0.1, -0.05) is 29.8 Å². The number of nitrogens with zero attached hydrogens (tertiary/aromatic N) is 1. The van der Waals surface area contributed by atoms with Gasteiger partial charge in [0.15, 0.2) is 6.10 Å². The van der Waals surface area contributed by atoms with E-state index in [1.54, 1.807) is 42.5 Å². The third-order valence-electron chi connectivity index (χ3n) is 3.60. The number of nitrogens with one attached hydrogen (secondary N) is 2. The average molecular weight is 346 g/mol. The van der Waals surface area contributed by atoms with Crippen LogP contribution >= 0.6 is 11.6 Å². The molecule has 124 valence electrons. The fraction of sp³-hybridized carbons (Fsp3) is 0.176. The predicted molar refractivity (Wildman–Crippen MR) is 92.1 cm³/mol. The van der Waals surface area contributed by atoms with Crippen molar-refractivity contribution in [2.24, 2.45) is 0 Å². The topological polar surface area (TPSA) is 70.7 Å². The van der Waals surface area contributed by atoms with Crippen LogP contribution in [0.25, 0.3) is 0 Å². The van der Waals surface area contributed by atoms with Gasteiger partial charge in [0.2, 0.25) is 5.91 Å². The number of hydrazine groups is 1. The van der Waals surface area contributed by atoms with E-state index in [-0.39, 0.29) is 18.4 Å². The second-order valence-corrected chi connectivity index (χ2v) is 5.76. The number of hydrogen-bond donors (Lipinski definition) is 2. The largest absolute Gasteiger partial charge is 0.476 e. The van der Waals surface area contributed by atoms with E-state index in [2.05, 4.69) is 10.9 Å². The molecule has 7 heteroatoms. The summed E-state index contributed by atoms with van der Waals surface area (Å²) in [6.45, 7) is 1.61. The van der Waals surface area contributed by atoms with Crippen molar-refractivity contribution in [1.82, 2.24) is 5.43 Å². The van der Waals surface area contributed by atoms with Crippen LogP contribution in [0.3, 0.4) is 0 Å². The van der Waals surface area contributed by atoms with Crippen LogP contribution in [0.4, 0.5) is 11.4 Å². The molecule has 2 N–H and O–H groups in total. The van der Waals surface area contributed by atoms with Gasteiger partial charge in [-0.3, -0.25) is 20.4 Å². The highest BCUT2D eigenvalue weighted by molar-refractivity contribution is 6.30. The molecule has 2 amide bonds. The lowest BCUT2D eigenvalue weighted by Gasteiger charge is -2.33. The highest BCUT2D eigenvalue weighted by Crippen LogP contribution is 2.33. The molecule has 0 saturated carbocycles. The van der Waals surface area contributed by atoms with E-state index in [0.717, 1.165) is 0 Å². The van der Waals surface area contributed by atoms with E-state index in [1.807, 2.05) is 6.07 Å². The fourth-order valence-corrected chi connectivity index (χ4v) is 2.64. The summed E-state index contributed by atoms with van der Waals surface area (Å²) < 4.78 is 5.71.